The van der Waals surface area contributed by atoms with E-state index in [0.717, 1.165) is 19.3 Å². The molecule has 0 bridgehead atoms. The van der Waals surface area contributed by atoms with Crippen LogP contribution in [0.1, 0.15) is 64.3 Å². The molecule has 0 saturated heterocycles. The predicted molar refractivity (Wildman–Crippen MR) is 68.5 cm³/mol. The molecule has 0 aliphatic heterocycles. The molecule has 1 heterocycles. The summed E-state index contributed by atoms with van der Waals surface area (Å²) in [5, 5.41) is 8.07. The number of unbranched alkanes of at least 4 members (excludes halogenated alkanes) is 2. The first-order chi connectivity index (χ1) is 8.03. The van der Waals surface area contributed by atoms with E-state index in [1.54, 1.807) is 6.92 Å². The molecular formula is C14H23FN2. The Labute approximate surface area is 104 Å². The molecule has 0 N–H and O–H groups in total. The van der Waals surface area contributed by atoms with Crippen LogP contribution in [0.5, 0.6) is 0 Å². The molecule has 17 heavy (non-hydrogen) atoms. The Morgan fingerprint density at radius 2 is 1.94 bits per heavy atom. The number of aromatic nitrogens is 2. The molecule has 0 saturated carbocycles. The van der Waals surface area contributed by atoms with Crippen molar-refractivity contribution < 1.29 is 4.39 Å². The highest BCUT2D eigenvalue weighted by Gasteiger charge is 2.29. The molecule has 2 nitrogen and oxygen atoms in total. The first kappa shape index (κ1) is 14.1. The molecule has 0 fully saturated rings. The van der Waals surface area contributed by atoms with E-state index in [1.165, 1.54) is 18.9 Å². The largest absolute Gasteiger partial charge is 0.205 e. The van der Waals surface area contributed by atoms with Crippen LogP contribution >= 0.6 is 0 Å². The lowest BCUT2D eigenvalue weighted by Gasteiger charge is -2.27. The van der Waals surface area contributed by atoms with Crippen molar-refractivity contribution in [2.75, 3.05) is 0 Å². The summed E-state index contributed by atoms with van der Waals surface area (Å²) in [6.45, 7) is 8.12. The van der Waals surface area contributed by atoms with Gasteiger partial charge < -0.3 is 0 Å². The minimum absolute atomic E-state index is 0.181. The molecule has 0 amide bonds. The highest BCUT2D eigenvalue weighted by Crippen LogP contribution is 2.33. The minimum Gasteiger partial charge on any atom is -0.205 e. The average molecular weight is 238 g/mol. The fourth-order valence-electron chi connectivity index (χ4n) is 2.09. The Bertz CT molecular complexity index is 365. The van der Waals surface area contributed by atoms with E-state index in [0.29, 0.717) is 11.4 Å². The molecule has 0 aliphatic rings. The fourth-order valence-corrected chi connectivity index (χ4v) is 2.09. The number of hydrogen-bond donors (Lipinski definition) is 0. The van der Waals surface area contributed by atoms with Crippen molar-refractivity contribution in [3.8, 4) is 0 Å². The lowest BCUT2D eigenvalue weighted by atomic mass is 9.78. The lowest BCUT2D eigenvalue weighted by Crippen LogP contribution is -2.25. The van der Waals surface area contributed by atoms with Gasteiger partial charge in [0.1, 0.15) is 11.5 Å². The molecule has 3 heteroatoms. The van der Waals surface area contributed by atoms with Crippen LogP contribution in [0.15, 0.2) is 6.07 Å². The van der Waals surface area contributed by atoms with Crippen LogP contribution in [0.4, 0.5) is 4.39 Å². The zero-order chi connectivity index (χ0) is 12.9. The van der Waals surface area contributed by atoms with Crippen molar-refractivity contribution in [1.29, 1.82) is 0 Å². The van der Waals surface area contributed by atoms with Crippen LogP contribution in [0.2, 0.25) is 0 Å². The maximum absolute atomic E-state index is 13.9. The summed E-state index contributed by atoms with van der Waals surface area (Å²) < 4.78 is 13.9. The third-order valence-electron chi connectivity index (χ3n) is 3.55. The van der Waals surface area contributed by atoms with Crippen molar-refractivity contribution in [3.63, 3.8) is 0 Å². The van der Waals surface area contributed by atoms with Gasteiger partial charge in [-0.1, -0.05) is 40.0 Å². The van der Waals surface area contributed by atoms with E-state index < -0.39 is 0 Å². The van der Waals surface area contributed by atoms with E-state index in [1.807, 2.05) is 0 Å². The monoisotopic (exact) mass is 238 g/mol. The summed E-state index contributed by atoms with van der Waals surface area (Å²) in [6.07, 6.45) is 5.37. The number of aryl methyl sites for hydroxylation is 1. The Kier molecular flexibility index (Phi) is 5.03. The average Bonchev–Trinajstić information content (AvgIpc) is 2.29. The van der Waals surface area contributed by atoms with Gasteiger partial charge in [0.2, 0.25) is 0 Å². The van der Waals surface area contributed by atoms with Crippen LogP contribution in [-0.2, 0) is 5.41 Å². The van der Waals surface area contributed by atoms with E-state index in [9.17, 15) is 4.39 Å². The Morgan fingerprint density at radius 3 is 2.47 bits per heavy atom. The van der Waals surface area contributed by atoms with Gasteiger partial charge >= 0.3 is 0 Å². The summed E-state index contributed by atoms with van der Waals surface area (Å²) in [4.78, 5) is 0. The van der Waals surface area contributed by atoms with Gasteiger partial charge in [-0.25, -0.2) is 4.39 Å². The summed E-state index contributed by atoms with van der Waals surface area (Å²) >= 11 is 0. The van der Waals surface area contributed by atoms with Crippen LogP contribution in [0.3, 0.4) is 0 Å². The Morgan fingerprint density at radius 1 is 1.24 bits per heavy atom. The maximum Gasteiger partial charge on any atom is 0.148 e. The molecule has 1 aromatic heterocycles. The van der Waals surface area contributed by atoms with Crippen LogP contribution in [0, 0.1) is 12.7 Å². The van der Waals surface area contributed by atoms with Crippen LogP contribution < -0.4 is 0 Å². The van der Waals surface area contributed by atoms with Gasteiger partial charge in [0.15, 0.2) is 0 Å². The second-order valence-corrected chi connectivity index (χ2v) is 5.05. The summed E-state index contributed by atoms with van der Waals surface area (Å²) in [7, 11) is 0. The second-order valence-electron chi connectivity index (χ2n) is 5.05. The van der Waals surface area contributed by atoms with E-state index in [2.05, 4.69) is 31.0 Å². The molecule has 0 aromatic carbocycles. The maximum atomic E-state index is 13.9. The first-order valence-corrected chi connectivity index (χ1v) is 6.53. The molecule has 1 unspecified atom stereocenters. The first-order valence-electron chi connectivity index (χ1n) is 6.53. The van der Waals surface area contributed by atoms with Crippen molar-refractivity contribution in [1.82, 2.24) is 10.2 Å². The minimum atomic E-state index is -0.210. The number of halogens is 1. The lowest BCUT2D eigenvalue weighted by molar-refractivity contribution is 0.364. The van der Waals surface area contributed by atoms with Gasteiger partial charge in [0.05, 0.1) is 5.69 Å². The molecular weight excluding hydrogens is 215 g/mol. The highest BCUT2D eigenvalue weighted by atomic mass is 19.1. The summed E-state index contributed by atoms with van der Waals surface area (Å²) in [6, 6.07) is 1.48. The van der Waals surface area contributed by atoms with Gasteiger partial charge in [-0.05, 0) is 25.8 Å². The van der Waals surface area contributed by atoms with Crippen molar-refractivity contribution in [2.24, 2.45) is 0 Å². The zero-order valence-electron chi connectivity index (χ0n) is 11.4. The van der Waals surface area contributed by atoms with Crippen molar-refractivity contribution in [3.05, 3.63) is 23.3 Å². The third kappa shape index (κ3) is 3.48. The van der Waals surface area contributed by atoms with Gasteiger partial charge in [0.25, 0.3) is 0 Å². The third-order valence-corrected chi connectivity index (χ3v) is 3.55. The van der Waals surface area contributed by atoms with E-state index in [-0.39, 0.29) is 11.2 Å². The second kappa shape index (κ2) is 6.08. The number of rotatable bonds is 6. The molecule has 0 spiro atoms. The summed E-state index contributed by atoms with van der Waals surface area (Å²) in [5.74, 6) is -0.210. The molecule has 1 aromatic rings. The normalized spacial score (nSPS) is 14.6. The van der Waals surface area contributed by atoms with Gasteiger partial charge in [-0.2, -0.15) is 10.2 Å². The SMILES string of the molecule is CCCCCC(C)(CC)c1nnc(C)cc1F. The highest BCUT2D eigenvalue weighted by molar-refractivity contribution is 5.18. The smallest absolute Gasteiger partial charge is 0.148 e. The van der Waals surface area contributed by atoms with Gasteiger partial charge in [-0.15, -0.1) is 0 Å². The zero-order valence-corrected chi connectivity index (χ0v) is 11.4. The van der Waals surface area contributed by atoms with Gasteiger partial charge in [0, 0.05) is 5.41 Å². The fraction of sp³-hybridized carbons (Fsp3) is 0.714. The van der Waals surface area contributed by atoms with E-state index >= 15 is 0 Å². The van der Waals surface area contributed by atoms with Crippen LogP contribution in [-0.4, -0.2) is 10.2 Å². The van der Waals surface area contributed by atoms with Crippen LogP contribution in [0.25, 0.3) is 0 Å². The molecule has 96 valence electrons. The quantitative estimate of drug-likeness (QED) is 0.695. The van der Waals surface area contributed by atoms with Crippen molar-refractivity contribution in [2.45, 2.75) is 65.2 Å². The molecule has 0 radical (unpaired) electrons. The number of hydrogen-bond acceptors (Lipinski definition) is 2. The number of nitrogens with zero attached hydrogens (tertiary/aromatic N) is 2. The van der Waals surface area contributed by atoms with Gasteiger partial charge in [-0.3, -0.25) is 0 Å². The summed E-state index contributed by atoms with van der Waals surface area (Å²) in [5.41, 5.74) is 0.986. The molecule has 0 aliphatic carbocycles. The molecule has 1 rings (SSSR count). The molecule has 1 atom stereocenters. The standard InChI is InChI=1S/C14H23FN2/c1-5-7-8-9-14(4,6-2)13-12(15)10-11(3)16-17-13/h10H,5-9H2,1-4H3. The predicted octanol–water partition coefficient (Wildman–Crippen LogP) is 4.17. The Hall–Kier alpha value is -0.990. The Balaban J connectivity index is 2.90. The topological polar surface area (TPSA) is 25.8 Å². The van der Waals surface area contributed by atoms with Crippen molar-refractivity contribution >= 4 is 0 Å². The van der Waals surface area contributed by atoms with E-state index in [4.69, 9.17) is 0 Å².